The van der Waals surface area contributed by atoms with Crippen LogP contribution in [-0.4, -0.2) is 28.1 Å². The Kier molecular flexibility index (Phi) is 15.0. The number of nitrogens with zero attached hydrogens (tertiary/aromatic N) is 2. The molecular formula is C28H34N3NaS2. The van der Waals surface area contributed by atoms with Crippen LogP contribution in [0.4, 0.5) is 11.4 Å². The van der Waals surface area contributed by atoms with E-state index < -0.39 is 0 Å². The van der Waals surface area contributed by atoms with Gasteiger partial charge < -0.3 is 35.1 Å². The van der Waals surface area contributed by atoms with Gasteiger partial charge in [0.15, 0.2) is 0 Å². The van der Waals surface area contributed by atoms with E-state index in [1.54, 1.807) is 0 Å². The minimum Gasteiger partial charge on any atom is -0.411 e. The van der Waals surface area contributed by atoms with Crippen LogP contribution in [0.15, 0.2) is 83.9 Å². The van der Waals surface area contributed by atoms with Gasteiger partial charge in [-0.2, -0.15) is 0 Å². The first-order valence-electron chi connectivity index (χ1n) is 11.6. The number of anilines is 1. The van der Waals surface area contributed by atoms with E-state index in [9.17, 15) is 0 Å². The quantitative estimate of drug-likeness (QED) is 0.174. The molecule has 0 atom stereocenters. The number of aliphatic imine (C=N–C) groups is 1. The summed E-state index contributed by atoms with van der Waals surface area (Å²) in [5.74, 6) is 0.856. The molecule has 0 bridgehead atoms. The Morgan fingerprint density at radius 3 is 1.71 bits per heavy atom. The largest absolute Gasteiger partial charge is 1.00 e. The van der Waals surface area contributed by atoms with E-state index in [-0.39, 0.29) is 29.6 Å². The van der Waals surface area contributed by atoms with Crippen LogP contribution in [0.25, 0.3) is 0 Å². The fourth-order valence-corrected chi connectivity index (χ4v) is 3.65. The van der Waals surface area contributed by atoms with E-state index >= 15 is 0 Å². The van der Waals surface area contributed by atoms with E-state index in [0.717, 1.165) is 48.7 Å². The monoisotopic (exact) mass is 499 g/mol. The van der Waals surface area contributed by atoms with Crippen molar-refractivity contribution in [3.8, 4) is 0 Å². The molecule has 0 heterocycles. The van der Waals surface area contributed by atoms with Gasteiger partial charge >= 0.3 is 29.6 Å². The molecule has 0 amide bonds. The number of hydrogen-bond acceptors (Lipinski definition) is 3. The Morgan fingerprint density at radius 1 is 0.794 bits per heavy atom. The summed E-state index contributed by atoms with van der Waals surface area (Å²) in [5.41, 5.74) is 5.72. The van der Waals surface area contributed by atoms with Crippen molar-refractivity contribution >= 4 is 46.4 Å². The fourth-order valence-electron chi connectivity index (χ4n) is 3.14. The minimum atomic E-state index is 0. The molecule has 0 aromatic heterocycles. The molecule has 0 unspecified atom stereocenters. The average Bonchev–Trinajstić information content (AvgIpc) is 2.86. The van der Waals surface area contributed by atoms with Crippen LogP contribution in [0, 0.1) is 0 Å². The predicted octanol–water partition coefficient (Wildman–Crippen LogP) is 4.17. The smallest absolute Gasteiger partial charge is 0.411 e. The van der Waals surface area contributed by atoms with Crippen molar-refractivity contribution in [2.75, 3.05) is 18.4 Å². The number of hydrogen-bond donors (Lipinski definition) is 1. The van der Waals surface area contributed by atoms with E-state index in [2.05, 4.69) is 79.8 Å². The normalized spacial score (nSPS) is 10.4. The van der Waals surface area contributed by atoms with Crippen molar-refractivity contribution in [1.82, 2.24) is 4.90 Å². The zero-order chi connectivity index (χ0) is 24.1. The summed E-state index contributed by atoms with van der Waals surface area (Å²) in [6.07, 6.45) is 2.08. The zero-order valence-electron chi connectivity index (χ0n) is 21.0. The van der Waals surface area contributed by atoms with Gasteiger partial charge in [-0.25, -0.2) is 4.99 Å². The van der Waals surface area contributed by atoms with Crippen LogP contribution < -0.4 is 34.9 Å². The summed E-state index contributed by atoms with van der Waals surface area (Å²) in [5, 5.41) is 3.47. The first-order valence-corrected chi connectivity index (χ1v) is 12.4. The van der Waals surface area contributed by atoms with Crippen molar-refractivity contribution in [2.24, 2.45) is 4.99 Å². The van der Waals surface area contributed by atoms with Gasteiger partial charge in [-0.3, -0.25) is 0 Å². The average molecular weight is 500 g/mol. The molecule has 1 N–H and O–H groups in total. The molecular weight excluding hydrogens is 465 g/mol. The predicted molar refractivity (Wildman–Crippen MR) is 151 cm³/mol. The minimum absolute atomic E-state index is 0. The summed E-state index contributed by atoms with van der Waals surface area (Å²) >= 11 is 9.51. The molecule has 0 saturated carbocycles. The molecule has 3 aromatic rings. The topological polar surface area (TPSA) is 27.6 Å². The van der Waals surface area contributed by atoms with Gasteiger partial charge in [0, 0.05) is 24.3 Å². The Labute approximate surface area is 238 Å². The van der Waals surface area contributed by atoms with Crippen molar-refractivity contribution < 1.29 is 29.6 Å². The van der Waals surface area contributed by atoms with Gasteiger partial charge in [-0.05, 0) is 62.1 Å². The number of thiocarbonyl (C=S) groups is 1. The molecule has 174 valence electrons. The summed E-state index contributed by atoms with van der Waals surface area (Å²) in [7, 11) is 0. The molecule has 6 heteroatoms. The van der Waals surface area contributed by atoms with Crippen LogP contribution in [0.1, 0.15) is 44.4 Å². The molecule has 3 nitrogen and oxygen atoms in total. The van der Waals surface area contributed by atoms with Gasteiger partial charge in [-0.15, -0.1) is 0 Å². The van der Waals surface area contributed by atoms with Crippen molar-refractivity contribution in [3.63, 3.8) is 0 Å². The molecule has 0 radical (unpaired) electrons. The molecule has 0 aliphatic rings. The number of rotatable bonds is 7. The number of nitrogens with one attached hydrogen (secondary N) is 1. The SMILES string of the molecule is CCN(CC)C(=S)[S-].CCc1ccc(N=C(Nc2ccc(CC)cc2)c2ccccc2)cc1.[Na+]. The van der Waals surface area contributed by atoms with Gasteiger partial charge in [0.2, 0.25) is 0 Å². The Balaban J connectivity index is 0.000000556. The molecule has 0 aliphatic carbocycles. The van der Waals surface area contributed by atoms with Gasteiger partial charge in [0.1, 0.15) is 5.84 Å². The first-order chi connectivity index (χ1) is 16.0. The number of amidine groups is 1. The Hall–Kier alpha value is -1.76. The van der Waals surface area contributed by atoms with Crippen molar-refractivity contribution in [2.45, 2.75) is 40.5 Å². The fraction of sp³-hybridized carbons (Fsp3) is 0.286. The number of benzene rings is 3. The second-order valence-corrected chi connectivity index (χ2v) is 8.49. The van der Waals surface area contributed by atoms with Crippen molar-refractivity contribution in [1.29, 1.82) is 0 Å². The molecule has 0 spiro atoms. The molecule has 3 rings (SSSR count). The van der Waals surface area contributed by atoms with Crippen LogP contribution in [0.5, 0.6) is 0 Å². The molecule has 0 saturated heterocycles. The summed E-state index contributed by atoms with van der Waals surface area (Å²) in [6.45, 7) is 10.3. The first kappa shape index (κ1) is 30.3. The summed E-state index contributed by atoms with van der Waals surface area (Å²) in [4.78, 5) is 6.81. The van der Waals surface area contributed by atoms with Gasteiger partial charge in [-0.1, -0.05) is 72.8 Å². The number of aryl methyl sites for hydroxylation is 2. The molecule has 0 fully saturated rings. The van der Waals surface area contributed by atoms with E-state index in [0.29, 0.717) is 4.32 Å². The maximum absolute atomic E-state index is 4.85. The van der Waals surface area contributed by atoms with E-state index in [4.69, 9.17) is 29.8 Å². The molecule has 3 aromatic carbocycles. The van der Waals surface area contributed by atoms with Crippen molar-refractivity contribution in [3.05, 3.63) is 95.6 Å². The van der Waals surface area contributed by atoms with Crippen LogP contribution in [-0.2, 0) is 25.5 Å². The third kappa shape index (κ3) is 10.2. The van der Waals surface area contributed by atoms with E-state index in [1.807, 2.05) is 36.9 Å². The third-order valence-corrected chi connectivity index (χ3v) is 5.80. The summed E-state index contributed by atoms with van der Waals surface area (Å²) in [6, 6.07) is 27.2. The second-order valence-electron chi connectivity index (χ2n) is 7.46. The standard InChI is InChI=1S/C23H24N2.C5H11NS2.Na/c1-3-18-10-14-21(15-11-18)24-23(20-8-6-5-7-9-20)25-22-16-12-19(4-2)13-17-22;1-3-6(4-2)5(7)8;/h5-17H,3-4H2,1-2H3,(H,24,25);3-4H2,1-2H3,(H,7,8);/q;;+1/p-1. The molecule has 0 aliphatic heterocycles. The van der Waals surface area contributed by atoms with Crippen LogP contribution >= 0.6 is 12.2 Å². The maximum Gasteiger partial charge on any atom is 1.00 e. The maximum atomic E-state index is 4.85. The van der Waals surface area contributed by atoms with Gasteiger partial charge in [0.25, 0.3) is 0 Å². The Bertz CT molecular complexity index is 1000. The van der Waals surface area contributed by atoms with Crippen LogP contribution in [0.3, 0.4) is 0 Å². The Morgan fingerprint density at radius 2 is 1.29 bits per heavy atom. The zero-order valence-corrected chi connectivity index (χ0v) is 24.7. The molecule has 34 heavy (non-hydrogen) atoms. The van der Waals surface area contributed by atoms with Crippen LogP contribution in [0.2, 0.25) is 0 Å². The summed E-state index contributed by atoms with van der Waals surface area (Å²) < 4.78 is 0.579. The third-order valence-electron chi connectivity index (χ3n) is 5.28. The van der Waals surface area contributed by atoms with E-state index in [1.165, 1.54) is 11.1 Å². The van der Waals surface area contributed by atoms with Gasteiger partial charge in [0.05, 0.1) is 5.69 Å². The second kappa shape index (κ2) is 16.8.